The fraction of sp³-hybridized carbons (Fsp3) is 0.113. The van der Waals surface area contributed by atoms with Crippen LogP contribution in [0.5, 0.6) is 0 Å². The van der Waals surface area contributed by atoms with Gasteiger partial charge < -0.3 is 5.11 Å². The molecule has 57 heavy (non-hydrogen) atoms. The van der Waals surface area contributed by atoms with Crippen LogP contribution >= 0.6 is 7.92 Å². The van der Waals surface area contributed by atoms with E-state index in [0.29, 0.717) is 11.8 Å². The summed E-state index contributed by atoms with van der Waals surface area (Å²) < 4.78 is 0. The molecule has 0 radical (unpaired) electrons. The van der Waals surface area contributed by atoms with Crippen molar-refractivity contribution in [1.29, 1.82) is 0 Å². The number of benzene rings is 8. The van der Waals surface area contributed by atoms with Gasteiger partial charge in [-0.25, -0.2) is 4.99 Å². The number of hydrogen-bond acceptors (Lipinski definition) is 1. The zero-order chi connectivity index (χ0) is 39.1. The summed E-state index contributed by atoms with van der Waals surface area (Å²) >= 11 is 0. The maximum atomic E-state index is 10.8. The molecule has 2 nitrogen and oxygen atoms in total. The van der Waals surface area contributed by atoms with Crippen LogP contribution in [0.2, 0.25) is 0 Å². The number of para-hydroxylation sites is 1. The smallest absolute Gasteiger partial charge is 0.211 e. The Kier molecular flexibility index (Phi) is 16.2. The molecule has 0 aromatic heterocycles. The Balaban J connectivity index is 0.000000201. The fourth-order valence-electron chi connectivity index (χ4n) is 6.84. The molecular weight excluding hydrogens is 756 g/mol. The molecule has 0 spiro atoms. The molecule has 0 aliphatic carbocycles. The Bertz CT molecular complexity index is 2280. The molecular formula is C53H50NNiOP. The summed E-state index contributed by atoms with van der Waals surface area (Å²) in [5.41, 5.74) is 4.29. The van der Waals surface area contributed by atoms with E-state index in [-0.39, 0.29) is 22.4 Å². The van der Waals surface area contributed by atoms with Gasteiger partial charge >= 0.3 is 0 Å². The molecule has 1 N–H and O–H groups in total. The van der Waals surface area contributed by atoms with Crippen LogP contribution in [-0.4, -0.2) is 11.0 Å². The Labute approximate surface area is 350 Å². The molecule has 4 heteroatoms. The van der Waals surface area contributed by atoms with E-state index in [4.69, 9.17) is 0 Å². The second-order valence-electron chi connectivity index (χ2n) is 14.2. The van der Waals surface area contributed by atoms with Crippen LogP contribution < -0.4 is 15.9 Å². The molecule has 288 valence electrons. The van der Waals surface area contributed by atoms with Crippen LogP contribution in [0.15, 0.2) is 205 Å². The van der Waals surface area contributed by atoms with Crippen molar-refractivity contribution in [1.82, 2.24) is 0 Å². The first kappa shape index (κ1) is 42.6. The predicted molar refractivity (Wildman–Crippen MR) is 247 cm³/mol. The largest absolute Gasteiger partial charge is 0.493 e. The number of rotatable bonds is 8. The number of aliphatic hydroxyl groups excluding tert-OH is 1. The van der Waals surface area contributed by atoms with Crippen molar-refractivity contribution >= 4 is 63.0 Å². The maximum Gasteiger partial charge on any atom is 0.211 e. The van der Waals surface area contributed by atoms with E-state index in [1.165, 1.54) is 26.7 Å². The zero-order valence-electron chi connectivity index (χ0n) is 33.0. The molecule has 0 amide bonds. The Morgan fingerprint density at radius 2 is 0.930 bits per heavy atom. The van der Waals surface area contributed by atoms with Gasteiger partial charge in [-0.15, -0.1) is 0 Å². The first-order chi connectivity index (χ1) is 27.4. The normalized spacial score (nSPS) is 11.2. The third kappa shape index (κ3) is 11.5. The Morgan fingerprint density at radius 1 is 0.526 bits per heavy atom. The third-order valence-electron chi connectivity index (χ3n) is 9.58. The molecule has 8 aromatic carbocycles. The predicted octanol–water partition coefficient (Wildman–Crippen LogP) is 13.2. The summed E-state index contributed by atoms with van der Waals surface area (Å²) in [6.07, 6.45) is 3.70. The second-order valence-corrected chi connectivity index (χ2v) is 16.7. The molecule has 0 aliphatic heterocycles. The number of fused-ring (bicyclic) bond motifs is 2. The summed E-state index contributed by atoms with van der Waals surface area (Å²) in [6, 6.07) is 70.2. The van der Waals surface area contributed by atoms with Gasteiger partial charge in [0.15, 0.2) is 0 Å². The van der Waals surface area contributed by atoms with E-state index in [0.717, 1.165) is 33.2 Å². The van der Waals surface area contributed by atoms with Crippen LogP contribution in [-0.2, 0) is 16.5 Å². The zero-order valence-corrected chi connectivity index (χ0v) is 35.0. The first-order valence-electron chi connectivity index (χ1n) is 19.3. The molecule has 8 rings (SSSR count). The molecule has 0 aliphatic rings. The molecule has 0 bridgehead atoms. The van der Waals surface area contributed by atoms with Crippen molar-refractivity contribution in [3.05, 3.63) is 223 Å². The quantitative estimate of drug-likeness (QED) is 0.0407. The van der Waals surface area contributed by atoms with E-state index >= 15 is 0 Å². The van der Waals surface area contributed by atoms with Crippen LogP contribution in [0.25, 0.3) is 27.6 Å². The monoisotopic (exact) mass is 805 g/mol. The third-order valence-corrected chi connectivity index (χ3v) is 12.3. The number of hydrogen-bond donors (Lipinski definition) is 1. The van der Waals surface area contributed by atoms with Gasteiger partial charge in [0, 0.05) is 22.6 Å². The van der Waals surface area contributed by atoms with Crippen molar-refractivity contribution in [3.8, 4) is 0 Å². The number of aliphatic imine (C=N–C) groups is 1. The maximum absolute atomic E-state index is 10.8. The van der Waals surface area contributed by atoms with Crippen molar-refractivity contribution in [2.75, 3.05) is 0 Å². The van der Waals surface area contributed by atoms with Crippen LogP contribution in [0.4, 0.5) is 5.69 Å². The standard InChI is InChI=1S/C29H29NO.C18H15P.C6H5.Ni/c1-19(2)23-14-9-15-24(20(3)4)29(23)30-28(31)17-16-27-25-12-7-5-10-21(25)18-22-11-6-8-13-26(22)27;1-4-10-16(11-5-1)19(17-12-6-2-7-13-17)18-14-8-3-9-15-18;1-2-4-6-5-3-1;/h5-20H,1-4H3,(H,30,31);1-15H;1-5H;/q;;-1;/p+1/b17-16+;;;. The fourth-order valence-corrected chi connectivity index (χ4v) is 9.41. The van der Waals surface area contributed by atoms with Gasteiger partial charge in [-0.3, -0.25) is 0 Å². The van der Waals surface area contributed by atoms with Gasteiger partial charge in [-0.2, -0.15) is 36.4 Å². The van der Waals surface area contributed by atoms with Crippen molar-refractivity contribution in [2.45, 2.75) is 39.5 Å². The topological polar surface area (TPSA) is 32.6 Å². The number of aliphatic hydroxyl groups is 1. The van der Waals surface area contributed by atoms with Gasteiger partial charge in [-0.1, -0.05) is 149 Å². The summed E-state index contributed by atoms with van der Waals surface area (Å²) in [4.78, 5) is 4.66. The number of nitrogens with zero attached hydrogens (tertiary/aromatic N) is 1. The molecule has 0 saturated heterocycles. The summed E-state index contributed by atoms with van der Waals surface area (Å²) in [5.74, 6) is 0.680. The van der Waals surface area contributed by atoms with E-state index < -0.39 is 7.92 Å². The minimum Gasteiger partial charge on any atom is -0.493 e. The average Bonchev–Trinajstić information content (AvgIpc) is 3.24. The molecule has 0 unspecified atom stereocenters. The first-order valence-corrected chi connectivity index (χ1v) is 20.8. The van der Waals surface area contributed by atoms with Gasteiger partial charge in [0.1, 0.15) is 15.9 Å². The summed E-state index contributed by atoms with van der Waals surface area (Å²) in [7, 11) is -0.877. The van der Waals surface area contributed by atoms with Crippen molar-refractivity contribution in [3.63, 3.8) is 0 Å². The van der Waals surface area contributed by atoms with Gasteiger partial charge in [-0.05, 0) is 98.6 Å². The van der Waals surface area contributed by atoms with E-state index in [1.54, 1.807) is 6.08 Å². The van der Waals surface area contributed by atoms with E-state index in [1.807, 2.05) is 36.4 Å². The van der Waals surface area contributed by atoms with Crippen LogP contribution in [0.3, 0.4) is 0 Å². The molecule has 8 aromatic rings. The SMILES string of the molecule is CC(C)c1cccc(C(C)C)c1N=C(O)/C=C/c1c2ccccc2cc2ccccc12.[Ni].[c-]1ccccc1.c1ccc([PH+](c2ccccc2)c2ccccc2)cc1. The summed E-state index contributed by atoms with van der Waals surface area (Å²) in [5, 5.41) is 19.8. The second kappa shape index (κ2) is 21.6. The van der Waals surface area contributed by atoms with Gasteiger partial charge in [0.25, 0.3) is 0 Å². The van der Waals surface area contributed by atoms with Gasteiger partial charge in [0.2, 0.25) is 5.90 Å². The molecule has 0 atom stereocenters. The van der Waals surface area contributed by atoms with Gasteiger partial charge in [0.05, 0.1) is 13.6 Å². The Morgan fingerprint density at radius 3 is 1.32 bits per heavy atom. The van der Waals surface area contributed by atoms with Crippen LogP contribution in [0, 0.1) is 6.07 Å². The molecule has 0 heterocycles. The Hall–Kier alpha value is -5.59. The summed E-state index contributed by atoms with van der Waals surface area (Å²) in [6.45, 7) is 8.64. The minimum absolute atomic E-state index is 0. The average molecular weight is 807 g/mol. The van der Waals surface area contributed by atoms with Crippen molar-refractivity contribution in [2.24, 2.45) is 4.99 Å². The van der Waals surface area contributed by atoms with Crippen LogP contribution in [0.1, 0.15) is 56.2 Å². The van der Waals surface area contributed by atoms with E-state index in [9.17, 15) is 5.11 Å². The minimum atomic E-state index is -0.877. The van der Waals surface area contributed by atoms with Crippen molar-refractivity contribution < 1.29 is 21.6 Å². The van der Waals surface area contributed by atoms with E-state index in [2.05, 4.69) is 203 Å². The molecule has 0 saturated carbocycles. The molecule has 0 fully saturated rings.